The number of nitrogens with one attached hydrogen (secondary N) is 1. The summed E-state index contributed by atoms with van der Waals surface area (Å²) < 4.78 is 0. The van der Waals surface area contributed by atoms with Crippen LogP contribution in [0.2, 0.25) is 0 Å². The molecule has 2 aromatic rings. The monoisotopic (exact) mass is 312 g/mol. The molecular weight excluding hydrogens is 292 g/mol. The molecule has 1 fully saturated rings. The van der Waals surface area contributed by atoms with E-state index in [-0.39, 0.29) is 5.91 Å². The largest absolute Gasteiger partial charge is 0.339 e. The maximum absolute atomic E-state index is 12.8. The fourth-order valence-corrected chi connectivity index (χ4v) is 2.62. The normalized spacial score (nSPS) is 14.3. The summed E-state index contributed by atoms with van der Waals surface area (Å²) in [5, 5.41) is 3.02. The Kier molecular flexibility index (Phi) is 4.57. The SMILES string of the molecule is CNCc1ncc(C(=O)N2CCCC2)c(-c2cnc(C)cn2)n1. The number of carbonyl (C=O) groups excluding carboxylic acids is 1. The van der Waals surface area contributed by atoms with E-state index in [1.807, 2.05) is 18.9 Å². The van der Waals surface area contributed by atoms with Crippen molar-refractivity contribution in [3.63, 3.8) is 0 Å². The van der Waals surface area contributed by atoms with Crippen molar-refractivity contribution in [2.75, 3.05) is 20.1 Å². The summed E-state index contributed by atoms with van der Waals surface area (Å²) in [6.07, 6.45) is 7.03. The minimum Gasteiger partial charge on any atom is -0.339 e. The summed E-state index contributed by atoms with van der Waals surface area (Å²) in [6, 6.07) is 0. The van der Waals surface area contributed by atoms with Crippen LogP contribution < -0.4 is 5.32 Å². The highest BCUT2D eigenvalue weighted by Crippen LogP contribution is 2.22. The maximum Gasteiger partial charge on any atom is 0.257 e. The third-order valence-corrected chi connectivity index (χ3v) is 3.82. The highest BCUT2D eigenvalue weighted by atomic mass is 16.2. The highest BCUT2D eigenvalue weighted by molar-refractivity contribution is 5.99. The molecule has 1 N–H and O–H groups in total. The molecule has 2 aromatic heterocycles. The number of hydrogen-bond acceptors (Lipinski definition) is 6. The number of hydrogen-bond donors (Lipinski definition) is 1. The highest BCUT2D eigenvalue weighted by Gasteiger charge is 2.24. The molecule has 0 atom stereocenters. The number of aryl methyl sites for hydroxylation is 1. The van der Waals surface area contributed by atoms with E-state index >= 15 is 0 Å². The van der Waals surface area contributed by atoms with Crippen LogP contribution in [-0.2, 0) is 6.54 Å². The standard InChI is InChI=1S/C16H20N6O/c1-11-7-19-13(9-18-11)15-12(8-20-14(21-15)10-17-2)16(23)22-5-3-4-6-22/h7-9,17H,3-6,10H2,1-2H3. The molecule has 0 saturated carbocycles. The number of likely N-dealkylation sites (tertiary alicyclic amines) is 1. The maximum atomic E-state index is 12.8. The van der Waals surface area contributed by atoms with Crippen molar-refractivity contribution >= 4 is 5.91 Å². The molecule has 0 bridgehead atoms. The zero-order valence-corrected chi connectivity index (χ0v) is 13.4. The Bertz CT molecular complexity index is 694. The first kappa shape index (κ1) is 15.5. The lowest BCUT2D eigenvalue weighted by atomic mass is 10.1. The van der Waals surface area contributed by atoms with Crippen LogP contribution in [0, 0.1) is 6.92 Å². The van der Waals surface area contributed by atoms with Crippen LogP contribution >= 0.6 is 0 Å². The molecule has 0 aromatic carbocycles. The topological polar surface area (TPSA) is 83.9 Å². The van der Waals surface area contributed by atoms with Gasteiger partial charge in [0.05, 0.1) is 24.0 Å². The lowest BCUT2D eigenvalue weighted by Crippen LogP contribution is -2.29. The predicted molar refractivity (Wildman–Crippen MR) is 85.7 cm³/mol. The predicted octanol–water partition coefficient (Wildman–Crippen LogP) is 1.20. The third-order valence-electron chi connectivity index (χ3n) is 3.82. The second kappa shape index (κ2) is 6.78. The zero-order valence-electron chi connectivity index (χ0n) is 13.4. The average molecular weight is 312 g/mol. The Hall–Kier alpha value is -2.41. The van der Waals surface area contributed by atoms with Crippen molar-refractivity contribution in [2.45, 2.75) is 26.3 Å². The van der Waals surface area contributed by atoms with Gasteiger partial charge in [-0.1, -0.05) is 0 Å². The molecule has 1 aliphatic heterocycles. The van der Waals surface area contributed by atoms with E-state index in [4.69, 9.17) is 0 Å². The minimum atomic E-state index is -0.0316. The quantitative estimate of drug-likeness (QED) is 0.913. The van der Waals surface area contributed by atoms with Crippen LogP contribution in [0.1, 0.15) is 34.7 Å². The Morgan fingerprint density at radius 3 is 2.61 bits per heavy atom. The second-order valence-electron chi connectivity index (χ2n) is 5.62. The van der Waals surface area contributed by atoms with Crippen molar-refractivity contribution in [1.29, 1.82) is 0 Å². The number of amides is 1. The van der Waals surface area contributed by atoms with Gasteiger partial charge in [0.2, 0.25) is 0 Å². The molecule has 3 rings (SSSR count). The Balaban J connectivity index is 2.03. The smallest absolute Gasteiger partial charge is 0.257 e. The molecule has 3 heterocycles. The summed E-state index contributed by atoms with van der Waals surface area (Å²) in [5.41, 5.74) is 2.46. The third kappa shape index (κ3) is 3.34. The van der Waals surface area contributed by atoms with Crippen molar-refractivity contribution in [2.24, 2.45) is 0 Å². The van der Waals surface area contributed by atoms with Crippen LogP contribution in [0.4, 0.5) is 0 Å². The van der Waals surface area contributed by atoms with Crippen LogP contribution in [0.15, 0.2) is 18.6 Å². The fraction of sp³-hybridized carbons (Fsp3) is 0.438. The van der Waals surface area contributed by atoms with Crippen LogP contribution in [0.5, 0.6) is 0 Å². The van der Waals surface area contributed by atoms with Crippen LogP contribution in [0.3, 0.4) is 0 Å². The van der Waals surface area contributed by atoms with Crippen molar-refractivity contribution in [3.8, 4) is 11.4 Å². The molecule has 0 spiro atoms. The molecule has 120 valence electrons. The van der Waals surface area contributed by atoms with E-state index in [9.17, 15) is 4.79 Å². The van der Waals surface area contributed by atoms with E-state index in [1.54, 1.807) is 18.6 Å². The first-order valence-corrected chi connectivity index (χ1v) is 7.78. The van der Waals surface area contributed by atoms with E-state index in [0.29, 0.717) is 29.3 Å². The van der Waals surface area contributed by atoms with Crippen LogP contribution in [0.25, 0.3) is 11.4 Å². The van der Waals surface area contributed by atoms with Gasteiger partial charge in [0.15, 0.2) is 0 Å². The van der Waals surface area contributed by atoms with Gasteiger partial charge in [-0.3, -0.25) is 14.8 Å². The molecule has 7 nitrogen and oxygen atoms in total. The van der Waals surface area contributed by atoms with Gasteiger partial charge >= 0.3 is 0 Å². The number of aromatic nitrogens is 4. The van der Waals surface area contributed by atoms with E-state index in [0.717, 1.165) is 31.6 Å². The molecule has 23 heavy (non-hydrogen) atoms. The average Bonchev–Trinajstić information content (AvgIpc) is 3.10. The molecule has 1 amide bonds. The summed E-state index contributed by atoms with van der Waals surface area (Å²) in [6.45, 7) is 3.98. The Morgan fingerprint density at radius 2 is 1.96 bits per heavy atom. The van der Waals surface area contributed by atoms with E-state index < -0.39 is 0 Å². The molecule has 0 radical (unpaired) electrons. The van der Waals surface area contributed by atoms with Gasteiger partial charge in [-0.05, 0) is 26.8 Å². The second-order valence-corrected chi connectivity index (χ2v) is 5.62. The summed E-state index contributed by atoms with van der Waals surface area (Å²) >= 11 is 0. The molecule has 0 aliphatic carbocycles. The summed E-state index contributed by atoms with van der Waals surface area (Å²) in [4.78, 5) is 32.1. The summed E-state index contributed by atoms with van der Waals surface area (Å²) in [5.74, 6) is 0.596. The first-order valence-electron chi connectivity index (χ1n) is 7.78. The summed E-state index contributed by atoms with van der Waals surface area (Å²) in [7, 11) is 1.83. The zero-order chi connectivity index (χ0) is 16.2. The number of nitrogens with zero attached hydrogens (tertiary/aromatic N) is 5. The Morgan fingerprint density at radius 1 is 1.17 bits per heavy atom. The lowest BCUT2D eigenvalue weighted by Gasteiger charge is -2.17. The number of carbonyl (C=O) groups is 1. The molecule has 0 unspecified atom stereocenters. The van der Waals surface area contributed by atoms with Gasteiger partial charge in [0, 0.05) is 25.5 Å². The van der Waals surface area contributed by atoms with Crippen molar-refractivity contribution in [1.82, 2.24) is 30.2 Å². The van der Waals surface area contributed by atoms with Gasteiger partial charge in [0.1, 0.15) is 17.2 Å². The number of rotatable bonds is 4. The molecule has 7 heteroatoms. The molecule has 1 aliphatic rings. The van der Waals surface area contributed by atoms with E-state index in [2.05, 4.69) is 25.3 Å². The van der Waals surface area contributed by atoms with Crippen molar-refractivity contribution in [3.05, 3.63) is 35.7 Å². The van der Waals surface area contributed by atoms with Gasteiger partial charge in [-0.15, -0.1) is 0 Å². The molecular formula is C16H20N6O. The minimum absolute atomic E-state index is 0.0316. The van der Waals surface area contributed by atoms with Crippen molar-refractivity contribution < 1.29 is 4.79 Å². The fourth-order valence-electron chi connectivity index (χ4n) is 2.62. The van der Waals surface area contributed by atoms with Crippen LogP contribution in [-0.4, -0.2) is 50.9 Å². The van der Waals surface area contributed by atoms with E-state index in [1.165, 1.54) is 0 Å². The molecule has 1 saturated heterocycles. The van der Waals surface area contributed by atoms with Gasteiger partial charge in [-0.2, -0.15) is 0 Å². The lowest BCUT2D eigenvalue weighted by molar-refractivity contribution is 0.0792. The van der Waals surface area contributed by atoms with Gasteiger partial charge < -0.3 is 10.2 Å². The first-order chi connectivity index (χ1) is 11.2. The van der Waals surface area contributed by atoms with Gasteiger partial charge in [-0.25, -0.2) is 9.97 Å². The Labute approximate surface area is 135 Å². The van der Waals surface area contributed by atoms with Gasteiger partial charge in [0.25, 0.3) is 5.91 Å².